The quantitative estimate of drug-likeness (QED) is 0.891. The Hall–Kier alpha value is -0.640. The van der Waals surface area contributed by atoms with E-state index in [0.717, 1.165) is 25.9 Å². The monoisotopic (exact) mass is 299 g/mol. The molecule has 1 aliphatic rings. The lowest BCUT2D eigenvalue weighted by Crippen LogP contribution is -2.48. The van der Waals surface area contributed by atoms with Crippen LogP contribution in [0.2, 0.25) is 5.02 Å². The molecule has 4 heteroatoms. The zero-order valence-corrected chi connectivity index (χ0v) is 13.1. The second-order valence-electron chi connectivity index (χ2n) is 6.67. The molecule has 1 aromatic rings. The van der Waals surface area contributed by atoms with Crippen molar-refractivity contribution >= 4 is 11.6 Å². The van der Waals surface area contributed by atoms with Gasteiger partial charge in [-0.3, -0.25) is 4.90 Å². The number of aliphatic hydroxyl groups excluding tert-OH is 1. The van der Waals surface area contributed by atoms with Gasteiger partial charge in [0.2, 0.25) is 0 Å². The summed E-state index contributed by atoms with van der Waals surface area (Å²) in [6.07, 6.45) is 1.36. The fraction of sp³-hybridized carbons (Fsp3) is 0.625. The van der Waals surface area contributed by atoms with Gasteiger partial charge in [-0.2, -0.15) is 0 Å². The first-order valence-electron chi connectivity index (χ1n) is 7.16. The highest BCUT2D eigenvalue weighted by atomic mass is 35.5. The molecule has 1 heterocycles. The summed E-state index contributed by atoms with van der Waals surface area (Å²) in [6.45, 7) is 8.43. The second-order valence-corrected chi connectivity index (χ2v) is 7.10. The number of hydrogen-bond acceptors (Lipinski definition) is 2. The Kier molecular flexibility index (Phi) is 4.73. The minimum Gasteiger partial charge on any atom is -0.388 e. The van der Waals surface area contributed by atoms with Gasteiger partial charge in [0, 0.05) is 23.0 Å². The molecule has 0 unspecified atom stereocenters. The van der Waals surface area contributed by atoms with E-state index in [1.165, 1.54) is 12.1 Å². The fourth-order valence-electron chi connectivity index (χ4n) is 2.90. The van der Waals surface area contributed by atoms with Crippen molar-refractivity contribution in [2.45, 2.75) is 45.3 Å². The standard InChI is InChI=1S/C16H23ClFNO/c1-16(2,3)19-6-4-5-11(10-19)15(20)12-7-13(17)9-14(18)8-12/h7-9,11,15,20H,4-6,10H2,1-3H3/t11-,15-/m1/s1. The summed E-state index contributed by atoms with van der Waals surface area (Å²) >= 11 is 5.87. The van der Waals surface area contributed by atoms with Crippen molar-refractivity contribution in [2.75, 3.05) is 13.1 Å². The lowest BCUT2D eigenvalue weighted by molar-refractivity contribution is 0.0147. The van der Waals surface area contributed by atoms with Crippen LogP contribution in [0, 0.1) is 11.7 Å². The van der Waals surface area contributed by atoms with Crippen LogP contribution in [-0.2, 0) is 0 Å². The highest BCUT2D eigenvalue weighted by Crippen LogP contribution is 2.33. The van der Waals surface area contributed by atoms with Crippen LogP contribution in [0.5, 0.6) is 0 Å². The molecule has 20 heavy (non-hydrogen) atoms. The van der Waals surface area contributed by atoms with E-state index in [0.29, 0.717) is 10.6 Å². The zero-order valence-electron chi connectivity index (χ0n) is 12.4. The third kappa shape index (κ3) is 3.72. The van der Waals surface area contributed by atoms with E-state index in [-0.39, 0.29) is 11.5 Å². The molecule has 1 N–H and O–H groups in total. The topological polar surface area (TPSA) is 23.5 Å². The number of nitrogens with zero attached hydrogens (tertiary/aromatic N) is 1. The van der Waals surface area contributed by atoms with Gasteiger partial charge in [-0.1, -0.05) is 11.6 Å². The predicted molar refractivity (Wildman–Crippen MR) is 80.4 cm³/mol. The van der Waals surface area contributed by atoms with Crippen molar-refractivity contribution < 1.29 is 9.50 Å². The summed E-state index contributed by atoms with van der Waals surface area (Å²) in [4.78, 5) is 2.38. The maximum atomic E-state index is 13.4. The minimum absolute atomic E-state index is 0.0952. The summed E-state index contributed by atoms with van der Waals surface area (Å²) in [6, 6.07) is 4.30. The van der Waals surface area contributed by atoms with E-state index in [9.17, 15) is 9.50 Å². The fourth-order valence-corrected chi connectivity index (χ4v) is 3.13. The molecular weight excluding hydrogens is 277 g/mol. The Morgan fingerprint density at radius 1 is 1.35 bits per heavy atom. The van der Waals surface area contributed by atoms with Gasteiger partial charge in [-0.25, -0.2) is 4.39 Å². The number of hydrogen-bond donors (Lipinski definition) is 1. The van der Waals surface area contributed by atoms with Crippen LogP contribution in [0.3, 0.4) is 0 Å². The smallest absolute Gasteiger partial charge is 0.125 e. The summed E-state index contributed by atoms with van der Waals surface area (Å²) in [5, 5.41) is 10.9. The van der Waals surface area contributed by atoms with Crippen molar-refractivity contribution in [3.05, 3.63) is 34.6 Å². The van der Waals surface area contributed by atoms with Crippen molar-refractivity contribution in [3.63, 3.8) is 0 Å². The van der Waals surface area contributed by atoms with E-state index in [1.54, 1.807) is 6.07 Å². The molecule has 1 aromatic carbocycles. The Balaban J connectivity index is 2.14. The van der Waals surface area contributed by atoms with Crippen molar-refractivity contribution in [2.24, 2.45) is 5.92 Å². The normalized spacial score (nSPS) is 22.8. The van der Waals surface area contributed by atoms with E-state index >= 15 is 0 Å². The van der Waals surface area contributed by atoms with Crippen LogP contribution < -0.4 is 0 Å². The molecule has 2 nitrogen and oxygen atoms in total. The SMILES string of the molecule is CC(C)(C)N1CCC[C@@H]([C@@H](O)c2cc(F)cc(Cl)c2)C1. The number of likely N-dealkylation sites (tertiary alicyclic amines) is 1. The van der Waals surface area contributed by atoms with E-state index < -0.39 is 11.9 Å². The van der Waals surface area contributed by atoms with Gasteiger partial charge >= 0.3 is 0 Å². The minimum atomic E-state index is -0.659. The summed E-state index contributed by atoms with van der Waals surface area (Å²) in [5.41, 5.74) is 0.675. The molecule has 2 atom stereocenters. The van der Waals surface area contributed by atoms with Crippen LogP contribution in [0.4, 0.5) is 4.39 Å². The lowest BCUT2D eigenvalue weighted by Gasteiger charge is -2.43. The van der Waals surface area contributed by atoms with E-state index in [1.807, 2.05) is 0 Å². The molecule has 0 spiro atoms. The summed E-state index contributed by atoms with van der Waals surface area (Å²) < 4.78 is 13.4. The average Bonchev–Trinajstić information content (AvgIpc) is 2.36. The van der Waals surface area contributed by atoms with Gasteiger partial charge in [0.05, 0.1) is 6.10 Å². The van der Waals surface area contributed by atoms with Crippen LogP contribution in [0.15, 0.2) is 18.2 Å². The molecule has 112 valence electrons. The lowest BCUT2D eigenvalue weighted by atomic mass is 9.86. The van der Waals surface area contributed by atoms with Crippen LogP contribution in [0.25, 0.3) is 0 Å². The number of rotatable bonds is 2. The Labute approximate surface area is 125 Å². The van der Waals surface area contributed by atoms with Crippen molar-refractivity contribution in [1.82, 2.24) is 4.90 Å². The number of halogens is 2. The molecule has 0 saturated carbocycles. The first-order chi connectivity index (χ1) is 9.27. The Bertz CT molecular complexity index is 452. The van der Waals surface area contributed by atoms with Crippen LogP contribution in [-0.4, -0.2) is 28.6 Å². The Morgan fingerprint density at radius 2 is 2.05 bits per heavy atom. The van der Waals surface area contributed by atoms with Gasteiger partial charge in [0.15, 0.2) is 0 Å². The van der Waals surface area contributed by atoms with Gasteiger partial charge in [0.25, 0.3) is 0 Å². The first-order valence-corrected chi connectivity index (χ1v) is 7.54. The third-order valence-electron chi connectivity index (χ3n) is 4.08. The molecule has 1 fully saturated rings. The molecule has 2 rings (SSSR count). The van der Waals surface area contributed by atoms with Crippen molar-refractivity contribution in [3.8, 4) is 0 Å². The maximum absolute atomic E-state index is 13.4. The van der Waals surface area contributed by atoms with E-state index in [4.69, 9.17) is 11.6 Å². The molecular formula is C16H23ClFNO. The number of benzene rings is 1. The highest BCUT2D eigenvalue weighted by Gasteiger charge is 2.32. The molecule has 0 aliphatic carbocycles. The first kappa shape index (κ1) is 15.7. The molecule has 1 aliphatic heterocycles. The van der Waals surface area contributed by atoms with Gasteiger partial charge in [-0.15, -0.1) is 0 Å². The maximum Gasteiger partial charge on any atom is 0.125 e. The second kappa shape index (κ2) is 6.00. The Morgan fingerprint density at radius 3 is 2.65 bits per heavy atom. The molecule has 0 aromatic heterocycles. The van der Waals surface area contributed by atoms with Gasteiger partial charge in [0.1, 0.15) is 5.82 Å². The number of aliphatic hydroxyl groups is 1. The summed E-state index contributed by atoms with van der Waals surface area (Å²) in [5.74, 6) is -0.268. The van der Waals surface area contributed by atoms with Gasteiger partial charge < -0.3 is 5.11 Å². The number of piperidine rings is 1. The van der Waals surface area contributed by atoms with Gasteiger partial charge in [-0.05, 0) is 63.9 Å². The third-order valence-corrected chi connectivity index (χ3v) is 4.30. The molecule has 0 radical (unpaired) electrons. The average molecular weight is 300 g/mol. The molecule has 0 amide bonds. The molecule has 1 saturated heterocycles. The zero-order chi connectivity index (χ0) is 14.9. The van der Waals surface area contributed by atoms with Crippen LogP contribution in [0.1, 0.15) is 45.3 Å². The van der Waals surface area contributed by atoms with Crippen LogP contribution >= 0.6 is 11.6 Å². The molecule has 0 bridgehead atoms. The van der Waals surface area contributed by atoms with Crippen molar-refractivity contribution in [1.29, 1.82) is 0 Å². The highest BCUT2D eigenvalue weighted by molar-refractivity contribution is 6.30. The van der Waals surface area contributed by atoms with E-state index in [2.05, 4.69) is 25.7 Å². The largest absolute Gasteiger partial charge is 0.388 e. The summed E-state index contributed by atoms with van der Waals surface area (Å²) in [7, 11) is 0. The predicted octanol–water partition coefficient (Wildman–Crippen LogP) is 4.02.